The quantitative estimate of drug-likeness (QED) is 0.738. The number of nitrogens with zero attached hydrogens (tertiary/aromatic N) is 2. The first-order chi connectivity index (χ1) is 11.3. The fraction of sp³-hybridized carbons (Fsp3) is 0.500. The van der Waals surface area contributed by atoms with E-state index in [4.69, 9.17) is 4.74 Å². The Morgan fingerprint density at radius 3 is 2.60 bits per heavy atom. The van der Waals surface area contributed by atoms with Crippen LogP contribution in [-0.2, 0) is 20.3 Å². The second kappa shape index (κ2) is 6.60. The number of hydrogen-bond acceptors (Lipinski definition) is 4. The molecule has 1 aliphatic rings. The van der Waals surface area contributed by atoms with Gasteiger partial charge in [-0.05, 0) is 45.4 Å². The SMILES string of the molecule is CN1/C(=N\C(=O)OC(C)(C)C)N[C@](C)(c2cccc(Br)c2)CS1(=O)=O. The molecule has 1 saturated heterocycles. The fourth-order valence-electron chi connectivity index (χ4n) is 2.41. The van der Waals surface area contributed by atoms with Gasteiger partial charge < -0.3 is 10.1 Å². The molecular weight excluding hydrogens is 410 g/mol. The third-order valence-corrected chi connectivity index (χ3v) is 6.07. The molecule has 1 aromatic rings. The Hall–Kier alpha value is -1.61. The van der Waals surface area contributed by atoms with Crippen molar-refractivity contribution in [3.8, 4) is 0 Å². The van der Waals surface area contributed by atoms with E-state index in [9.17, 15) is 13.2 Å². The van der Waals surface area contributed by atoms with Crippen LogP contribution < -0.4 is 5.32 Å². The summed E-state index contributed by atoms with van der Waals surface area (Å²) in [5.74, 6) is -0.233. The van der Waals surface area contributed by atoms with Crippen molar-refractivity contribution in [1.82, 2.24) is 9.62 Å². The van der Waals surface area contributed by atoms with Crippen LogP contribution in [0, 0.1) is 0 Å². The topological polar surface area (TPSA) is 88.1 Å². The number of rotatable bonds is 1. The molecular formula is C16H22BrN3O4S. The van der Waals surface area contributed by atoms with Crippen LogP contribution in [0.2, 0.25) is 0 Å². The Morgan fingerprint density at radius 1 is 1.40 bits per heavy atom. The number of carbonyl (C=O) groups is 1. The molecule has 1 heterocycles. The maximum Gasteiger partial charge on any atom is 0.437 e. The Balaban J connectivity index is 2.43. The number of halogens is 1. The molecule has 0 unspecified atom stereocenters. The Bertz CT molecular complexity index is 817. The molecule has 7 nitrogen and oxygen atoms in total. The highest BCUT2D eigenvalue weighted by molar-refractivity contribution is 9.10. The van der Waals surface area contributed by atoms with Crippen LogP contribution in [0.5, 0.6) is 0 Å². The number of benzene rings is 1. The van der Waals surface area contributed by atoms with Gasteiger partial charge in [0, 0.05) is 11.5 Å². The van der Waals surface area contributed by atoms with Crippen molar-refractivity contribution in [3.05, 3.63) is 34.3 Å². The van der Waals surface area contributed by atoms with Gasteiger partial charge in [-0.1, -0.05) is 28.1 Å². The lowest BCUT2D eigenvalue weighted by molar-refractivity contribution is 0.0602. The molecule has 0 bridgehead atoms. The highest BCUT2D eigenvalue weighted by Gasteiger charge is 2.42. The molecule has 138 valence electrons. The van der Waals surface area contributed by atoms with Crippen molar-refractivity contribution in [2.45, 2.75) is 38.8 Å². The molecule has 25 heavy (non-hydrogen) atoms. The number of guanidine groups is 1. The maximum absolute atomic E-state index is 12.6. The number of amides is 1. The second-order valence-corrected chi connectivity index (χ2v) is 10.0. The standard InChI is InChI=1S/C16H22BrN3O4S/c1-15(2,3)24-14(21)18-13-19-16(4,10-25(22,23)20(13)5)11-7-6-8-12(17)9-11/h6-9H,10H2,1-5H3,(H,18,19,21)/t16-/m0/s1. The van der Waals surface area contributed by atoms with E-state index in [1.807, 2.05) is 24.3 Å². The van der Waals surface area contributed by atoms with Gasteiger partial charge >= 0.3 is 6.09 Å². The molecule has 1 N–H and O–H groups in total. The van der Waals surface area contributed by atoms with Gasteiger partial charge in [0.15, 0.2) is 0 Å². The van der Waals surface area contributed by atoms with Crippen LogP contribution in [0.15, 0.2) is 33.7 Å². The first kappa shape index (κ1) is 19.7. The number of hydrogen-bond donors (Lipinski definition) is 1. The lowest BCUT2D eigenvalue weighted by Gasteiger charge is -2.40. The van der Waals surface area contributed by atoms with Crippen molar-refractivity contribution in [2.24, 2.45) is 4.99 Å². The normalized spacial score (nSPS) is 24.7. The number of nitrogens with one attached hydrogen (secondary N) is 1. The average molecular weight is 432 g/mol. The molecule has 0 radical (unpaired) electrons. The molecule has 0 aromatic heterocycles. The van der Waals surface area contributed by atoms with Crippen LogP contribution in [0.3, 0.4) is 0 Å². The van der Waals surface area contributed by atoms with Crippen molar-refractivity contribution >= 4 is 38.0 Å². The molecule has 1 aromatic carbocycles. The zero-order valence-electron chi connectivity index (χ0n) is 14.8. The second-order valence-electron chi connectivity index (χ2n) is 7.11. The summed E-state index contributed by atoms with van der Waals surface area (Å²) < 4.78 is 32.1. The molecule has 1 fully saturated rings. The van der Waals surface area contributed by atoms with E-state index in [0.717, 1.165) is 14.3 Å². The summed E-state index contributed by atoms with van der Waals surface area (Å²) >= 11 is 3.39. The minimum atomic E-state index is -3.65. The lowest BCUT2D eigenvalue weighted by atomic mass is 9.94. The van der Waals surface area contributed by atoms with Crippen LogP contribution in [0.25, 0.3) is 0 Å². The predicted octanol–water partition coefficient (Wildman–Crippen LogP) is 2.82. The summed E-state index contributed by atoms with van der Waals surface area (Å²) in [4.78, 5) is 15.8. The predicted molar refractivity (Wildman–Crippen MR) is 99.8 cm³/mol. The van der Waals surface area contributed by atoms with E-state index in [2.05, 4.69) is 26.2 Å². The van der Waals surface area contributed by atoms with E-state index in [0.29, 0.717) is 0 Å². The van der Waals surface area contributed by atoms with Gasteiger partial charge in [-0.3, -0.25) is 0 Å². The third kappa shape index (κ3) is 4.72. The summed E-state index contributed by atoms with van der Waals surface area (Å²) in [6, 6.07) is 7.33. The molecule has 0 saturated carbocycles. The first-order valence-electron chi connectivity index (χ1n) is 7.65. The van der Waals surface area contributed by atoms with Crippen LogP contribution >= 0.6 is 15.9 Å². The van der Waals surface area contributed by atoms with E-state index < -0.39 is 27.3 Å². The molecule has 1 atom stereocenters. The van der Waals surface area contributed by atoms with Crippen molar-refractivity contribution in [1.29, 1.82) is 0 Å². The number of aliphatic imine (C=N–C) groups is 1. The smallest absolute Gasteiger partial charge is 0.437 e. The summed E-state index contributed by atoms with van der Waals surface area (Å²) in [6.07, 6.45) is -0.851. The molecule has 9 heteroatoms. The zero-order chi connectivity index (χ0) is 19.0. The Labute approximate surface area is 156 Å². The van der Waals surface area contributed by atoms with Crippen molar-refractivity contribution < 1.29 is 17.9 Å². The number of carbonyl (C=O) groups excluding carboxylic acids is 1. The Morgan fingerprint density at radius 2 is 2.04 bits per heavy atom. The third-order valence-electron chi connectivity index (χ3n) is 3.63. The average Bonchev–Trinajstić information content (AvgIpc) is 2.42. The fourth-order valence-corrected chi connectivity index (χ4v) is 4.32. The van der Waals surface area contributed by atoms with E-state index in [1.165, 1.54) is 7.05 Å². The summed E-state index contributed by atoms with van der Waals surface area (Å²) in [5.41, 5.74) is -0.896. The van der Waals surface area contributed by atoms with Gasteiger partial charge in [0.2, 0.25) is 16.0 Å². The number of sulfonamides is 1. The number of ether oxygens (including phenoxy) is 1. The van der Waals surface area contributed by atoms with Crippen molar-refractivity contribution in [3.63, 3.8) is 0 Å². The van der Waals surface area contributed by atoms with Gasteiger partial charge in [-0.25, -0.2) is 17.5 Å². The lowest BCUT2D eigenvalue weighted by Crippen LogP contribution is -2.61. The van der Waals surface area contributed by atoms with Gasteiger partial charge in [0.05, 0.1) is 11.3 Å². The molecule has 0 aliphatic carbocycles. The molecule has 1 amide bonds. The van der Waals surface area contributed by atoms with Crippen LogP contribution in [0.1, 0.15) is 33.3 Å². The largest absolute Gasteiger partial charge is 0.442 e. The molecule has 0 spiro atoms. The minimum Gasteiger partial charge on any atom is -0.442 e. The highest BCUT2D eigenvalue weighted by atomic mass is 79.9. The molecule has 1 aliphatic heterocycles. The first-order valence-corrected chi connectivity index (χ1v) is 10.1. The Kier molecular flexibility index (Phi) is 5.21. The van der Waals surface area contributed by atoms with Gasteiger partial charge in [0.25, 0.3) is 0 Å². The van der Waals surface area contributed by atoms with E-state index >= 15 is 0 Å². The van der Waals surface area contributed by atoms with E-state index in [-0.39, 0.29) is 11.7 Å². The van der Waals surface area contributed by atoms with Gasteiger partial charge in [-0.2, -0.15) is 0 Å². The monoisotopic (exact) mass is 431 g/mol. The van der Waals surface area contributed by atoms with Crippen LogP contribution in [-0.4, -0.2) is 43.2 Å². The molecule has 2 rings (SSSR count). The zero-order valence-corrected chi connectivity index (χ0v) is 17.2. The van der Waals surface area contributed by atoms with E-state index in [1.54, 1.807) is 27.7 Å². The highest BCUT2D eigenvalue weighted by Crippen LogP contribution is 2.29. The summed E-state index contributed by atoms with van der Waals surface area (Å²) in [7, 11) is -2.30. The summed E-state index contributed by atoms with van der Waals surface area (Å²) in [5, 5.41) is 3.07. The van der Waals surface area contributed by atoms with Gasteiger partial charge in [0.1, 0.15) is 5.60 Å². The minimum absolute atomic E-state index is 0.0667. The maximum atomic E-state index is 12.6. The van der Waals surface area contributed by atoms with Crippen molar-refractivity contribution in [2.75, 3.05) is 12.8 Å². The van der Waals surface area contributed by atoms with Crippen LogP contribution in [0.4, 0.5) is 4.79 Å². The van der Waals surface area contributed by atoms with Gasteiger partial charge in [-0.15, -0.1) is 4.99 Å². The summed E-state index contributed by atoms with van der Waals surface area (Å²) in [6.45, 7) is 6.90.